The van der Waals surface area contributed by atoms with Crippen LogP contribution in [0.4, 0.5) is 5.13 Å². The molecule has 2 aliphatic heterocycles. The van der Waals surface area contributed by atoms with Gasteiger partial charge in [0.05, 0.1) is 5.41 Å². The third kappa shape index (κ3) is 4.36. The molecule has 0 unspecified atom stereocenters. The van der Waals surface area contributed by atoms with Crippen LogP contribution in [0.5, 0.6) is 0 Å². The molecule has 0 aromatic carbocycles. The van der Waals surface area contributed by atoms with Gasteiger partial charge in [-0.25, -0.2) is 4.98 Å². The van der Waals surface area contributed by atoms with Crippen LogP contribution in [-0.4, -0.2) is 59.4 Å². The zero-order valence-corrected chi connectivity index (χ0v) is 18.4. The molecule has 1 aliphatic carbocycles. The molecule has 3 aliphatic rings. The largest absolute Gasteiger partial charge is 0.345 e. The van der Waals surface area contributed by atoms with Crippen LogP contribution in [0, 0.1) is 11.3 Å². The van der Waals surface area contributed by atoms with Gasteiger partial charge in [-0.1, -0.05) is 19.8 Å². The zero-order chi connectivity index (χ0) is 17.3. The number of aryl methyl sites for hydroxylation is 1. The van der Waals surface area contributed by atoms with Crippen molar-refractivity contribution in [2.24, 2.45) is 11.3 Å². The number of carbonyl (C=O) groups is 1. The van der Waals surface area contributed by atoms with Crippen LogP contribution < -0.4 is 10.2 Å². The van der Waals surface area contributed by atoms with Crippen molar-refractivity contribution in [2.45, 2.75) is 45.4 Å². The summed E-state index contributed by atoms with van der Waals surface area (Å²) in [5.41, 5.74) is -0.120. The third-order valence-corrected chi connectivity index (χ3v) is 7.11. The number of nitrogens with zero attached hydrogens (tertiary/aromatic N) is 4. The maximum atomic E-state index is 13.4. The highest BCUT2D eigenvalue weighted by Gasteiger charge is 2.51. The van der Waals surface area contributed by atoms with E-state index in [0.29, 0.717) is 11.8 Å². The molecule has 1 aromatic heterocycles. The molecule has 0 spiro atoms. The predicted octanol–water partition coefficient (Wildman–Crippen LogP) is 2.76. The Balaban J connectivity index is 0.00000131. The fourth-order valence-corrected chi connectivity index (χ4v) is 5.61. The van der Waals surface area contributed by atoms with Gasteiger partial charge in [0.2, 0.25) is 11.0 Å². The van der Waals surface area contributed by atoms with Crippen molar-refractivity contribution in [3.8, 4) is 0 Å². The summed E-state index contributed by atoms with van der Waals surface area (Å²) >= 11 is 1.49. The Morgan fingerprint density at radius 1 is 1.22 bits per heavy atom. The van der Waals surface area contributed by atoms with Crippen LogP contribution in [-0.2, 0) is 11.2 Å². The van der Waals surface area contributed by atoms with E-state index in [1.54, 1.807) is 0 Å². The molecule has 27 heavy (non-hydrogen) atoms. The number of fused-ring (bicyclic) bond motifs is 1. The van der Waals surface area contributed by atoms with Crippen molar-refractivity contribution in [2.75, 3.05) is 44.2 Å². The molecule has 3 fully saturated rings. The normalized spacial score (nSPS) is 28.0. The number of rotatable bonds is 3. The third-order valence-electron chi connectivity index (χ3n) is 6.29. The molecule has 1 amide bonds. The monoisotopic (exact) mass is 435 g/mol. The van der Waals surface area contributed by atoms with E-state index in [2.05, 4.69) is 31.4 Å². The quantitative estimate of drug-likeness (QED) is 0.790. The Kier molecular flexibility index (Phi) is 8.16. The van der Waals surface area contributed by atoms with E-state index in [0.717, 1.165) is 69.5 Å². The summed E-state index contributed by atoms with van der Waals surface area (Å²) in [6, 6.07) is 0. The van der Waals surface area contributed by atoms with E-state index in [4.69, 9.17) is 0 Å². The standard InChI is InChI=1S/C18H29N5OS.2ClH/c1-2-15-20-17(25-21-15)23-9-5-8-22(10-11-23)16(24)18-7-4-3-6-14(18)12-19-13-18;;/h14,19H,2-13H2,1H3;2*1H/t14-,18+;;/m0../s1. The number of halogens is 2. The van der Waals surface area contributed by atoms with Crippen LogP contribution in [0.3, 0.4) is 0 Å². The van der Waals surface area contributed by atoms with Crippen molar-refractivity contribution in [3.05, 3.63) is 5.82 Å². The van der Waals surface area contributed by atoms with Crippen molar-refractivity contribution in [1.82, 2.24) is 19.6 Å². The minimum absolute atomic E-state index is 0. The summed E-state index contributed by atoms with van der Waals surface area (Å²) in [5.74, 6) is 1.89. The van der Waals surface area contributed by atoms with Gasteiger partial charge in [-0.15, -0.1) is 24.8 Å². The van der Waals surface area contributed by atoms with E-state index in [1.807, 2.05) is 0 Å². The molecule has 154 valence electrons. The SMILES string of the molecule is CCc1nsc(N2CCCN(C(=O)[C@@]34CCCC[C@H]3CNC4)CC2)n1.Cl.Cl. The van der Waals surface area contributed by atoms with Crippen LogP contribution in [0.1, 0.15) is 44.9 Å². The summed E-state index contributed by atoms with van der Waals surface area (Å²) in [4.78, 5) is 22.5. The molecular weight excluding hydrogens is 405 g/mol. The van der Waals surface area contributed by atoms with E-state index in [-0.39, 0.29) is 30.2 Å². The zero-order valence-electron chi connectivity index (χ0n) is 16.0. The summed E-state index contributed by atoms with van der Waals surface area (Å²) in [5, 5.41) is 4.53. The van der Waals surface area contributed by atoms with Gasteiger partial charge in [0, 0.05) is 50.7 Å². The average Bonchev–Trinajstić information content (AvgIpc) is 3.23. The molecule has 2 atom stereocenters. The van der Waals surface area contributed by atoms with E-state index >= 15 is 0 Å². The van der Waals surface area contributed by atoms with Gasteiger partial charge in [-0.05, 0) is 31.7 Å². The first-order valence-electron chi connectivity index (χ1n) is 9.80. The lowest BCUT2D eigenvalue weighted by Gasteiger charge is -2.40. The number of anilines is 1. The molecule has 1 saturated carbocycles. The van der Waals surface area contributed by atoms with E-state index in [9.17, 15) is 4.79 Å². The lowest BCUT2D eigenvalue weighted by atomic mass is 9.67. The summed E-state index contributed by atoms with van der Waals surface area (Å²) in [7, 11) is 0. The minimum atomic E-state index is -0.120. The second-order valence-electron chi connectivity index (χ2n) is 7.71. The molecule has 2 saturated heterocycles. The summed E-state index contributed by atoms with van der Waals surface area (Å²) in [6.45, 7) is 7.53. The van der Waals surface area contributed by atoms with Crippen molar-refractivity contribution >= 4 is 47.4 Å². The van der Waals surface area contributed by atoms with Gasteiger partial charge < -0.3 is 15.1 Å². The number of hydrogen-bond acceptors (Lipinski definition) is 6. The Labute approximate surface area is 178 Å². The highest BCUT2D eigenvalue weighted by Crippen LogP contribution is 2.45. The highest BCUT2D eigenvalue weighted by atomic mass is 35.5. The lowest BCUT2D eigenvalue weighted by Crippen LogP contribution is -2.50. The number of amides is 1. The Morgan fingerprint density at radius 2 is 2.07 bits per heavy atom. The van der Waals surface area contributed by atoms with Crippen LogP contribution in [0.15, 0.2) is 0 Å². The molecule has 1 N–H and O–H groups in total. The first-order chi connectivity index (χ1) is 12.2. The van der Waals surface area contributed by atoms with Gasteiger partial charge in [0.25, 0.3) is 0 Å². The van der Waals surface area contributed by atoms with Gasteiger partial charge in [-0.2, -0.15) is 4.37 Å². The topological polar surface area (TPSA) is 61.4 Å². The second kappa shape index (κ2) is 9.72. The molecule has 0 radical (unpaired) electrons. The average molecular weight is 436 g/mol. The minimum Gasteiger partial charge on any atom is -0.345 e. The van der Waals surface area contributed by atoms with Crippen molar-refractivity contribution in [3.63, 3.8) is 0 Å². The smallest absolute Gasteiger partial charge is 0.230 e. The van der Waals surface area contributed by atoms with Crippen molar-refractivity contribution < 1.29 is 4.79 Å². The first-order valence-corrected chi connectivity index (χ1v) is 10.6. The van der Waals surface area contributed by atoms with Gasteiger partial charge in [-0.3, -0.25) is 4.79 Å². The van der Waals surface area contributed by atoms with Crippen molar-refractivity contribution in [1.29, 1.82) is 0 Å². The Hall–Kier alpha value is -0.630. The molecule has 4 rings (SSSR count). The van der Waals surface area contributed by atoms with E-state index in [1.165, 1.54) is 30.8 Å². The van der Waals surface area contributed by atoms with E-state index < -0.39 is 0 Å². The molecular formula is C18H31Cl2N5OS. The maximum Gasteiger partial charge on any atom is 0.230 e. The maximum absolute atomic E-state index is 13.4. The molecule has 9 heteroatoms. The number of nitrogens with one attached hydrogen (secondary N) is 1. The fourth-order valence-electron chi connectivity index (χ4n) is 4.81. The summed E-state index contributed by atoms with van der Waals surface area (Å²) < 4.78 is 4.41. The van der Waals surface area contributed by atoms with Gasteiger partial charge in [0.15, 0.2) is 0 Å². The van der Waals surface area contributed by atoms with Crippen LogP contribution >= 0.6 is 36.3 Å². The van der Waals surface area contributed by atoms with Gasteiger partial charge in [0.1, 0.15) is 5.82 Å². The first kappa shape index (κ1) is 22.7. The molecule has 3 heterocycles. The highest BCUT2D eigenvalue weighted by molar-refractivity contribution is 7.09. The second-order valence-corrected chi connectivity index (χ2v) is 8.44. The number of aromatic nitrogens is 2. The molecule has 6 nitrogen and oxygen atoms in total. The molecule has 0 bridgehead atoms. The van der Waals surface area contributed by atoms with Crippen LogP contribution in [0.25, 0.3) is 0 Å². The summed E-state index contributed by atoms with van der Waals surface area (Å²) in [6.07, 6.45) is 6.66. The number of hydrogen-bond donors (Lipinski definition) is 1. The number of carbonyl (C=O) groups excluding carboxylic acids is 1. The Bertz CT molecular complexity index is 631. The predicted molar refractivity (Wildman–Crippen MR) is 114 cm³/mol. The fraction of sp³-hybridized carbons (Fsp3) is 0.833. The van der Waals surface area contributed by atoms with Crippen LogP contribution in [0.2, 0.25) is 0 Å². The lowest BCUT2D eigenvalue weighted by molar-refractivity contribution is -0.145. The Morgan fingerprint density at radius 3 is 2.85 bits per heavy atom. The van der Waals surface area contributed by atoms with Gasteiger partial charge >= 0.3 is 0 Å². The molecule has 1 aromatic rings.